The van der Waals surface area contributed by atoms with Crippen LogP contribution in [-0.2, 0) is 11.8 Å². The molecule has 0 aliphatic rings. The van der Waals surface area contributed by atoms with E-state index in [9.17, 15) is 4.79 Å². The zero-order chi connectivity index (χ0) is 13.1. The Morgan fingerprint density at radius 3 is 2.94 bits per heavy atom. The van der Waals surface area contributed by atoms with Gasteiger partial charge in [0.15, 0.2) is 5.82 Å². The quantitative estimate of drug-likeness (QED) is 0.812. The number of amides is 1. The summed E-state index contributed by atoms with van der Waals surface area (Å²) in [5, 5.41) is 17.6. The summed E-state index contributed by atoms with van der Waals surface area (Å²) in [5.41, 5.74) is 0. The molecule has 1 N–H and O–H groups in total. The summed E-state index contributed by atoms with van der Waals surface area (Å²) >= 11 is 1.27. The minimum absolute atomic E-state index is 0.184. The number of thioether (sulfide) groups is 1. The molecule has 2 aromatic heterocycles. The van der Waals surface area contributed by atoms with E-state index in [-0.39, 0.29) is 11.2 Å². The van der Waals surface area contributed by atoms with Crippen LogP contribution in [0.4, 0.5) is 5.82 Å². The molecule has 0 aliphatic heterocycles. The van der Waals surface area contributed by atoms with E-state index in [1.54, 1.807) is 27.0 Å². The fourth-order valence-electron chi connectivity index (χ4n) is 1.19. The zero-order valence-electron chi connectivity index (χ0n) is 10.1. The number of hydrogen-bond acceptors (Lipinski definition) is 7. The van der Waals surface area contributed by atoms with Gasteiger partial charge in [0.05, 0.1) is 5.25 Å². The van der Waals surface area contributed by atoms with Crippen LogP contribution < -0.4 is 5.32 Å². The number of anilines is 1. The first-order chi connectivity index (χ1) is 8.56. The van der Waals surface area contributed by atoms with Gasteiger partial charge in [0, 0.05) is 13.1 Å². The van der Waals surface area contributed by atoms with Gasteiger partial charge in [0.1, 0.15) is 5.76 Å². The van der Waals surface area contributed by atoms with Gasteiger partial charge in [-0.2, -0.15) is 0 Å². The number of aryl methyl sites for hydroxylation is 2. The predicted molar refractivity (Wildman–Crippen MR) is 64.0 cm³/mol. The number of tetrazole rings is 1. The molecule has 0 fully saturated rings. The normalized spacial score (nSPS) is 12.4. The highest BCUT2D eigenvalue weighted by Crippen LogP contribution is 2.20. The van der Waals surface area contributed by atoms with E-state index < -0.39 is 0 Å². The minimum Gasteiger partial charge on any atom is -0.360 e. The summed E-state index contributed by atoms with van der Waals surface area (Å²) in [6, 6.07) is 1.65. The molecule has 2 aromatic rings. The average molecular weight is 268 g/mol. The smallest absolute Gasteiger partial charge is 0.238 e. The van der Waals surface area contributed by atoms with Gasteiger partial charge < -0.3 is 9.84 Å². The molecule has 0 saturated carbocycles. The zero-order valence-corrected chi connectivity index (χ0v) is 10.9. The molecule has 1 unspecified atom stereocenters. The lowest BCUT2D eigenvalue weighted by atomic mass is 10.4. The van der Waals surface area contributed by atoms with Gasteiger partial charge in [-0.15, -0.1) is 5.10 Å². The molecule has 2 heterocycles. The van der Waals surface area contributed by atoms with E-state index in [1.807, 2.05) is 0 Å². The van der Waals surface area contributed by atoms with Gasteiger partial charge in [-0.1, -0.05) is 16.9 Å². The van der Waals surface area contributed by atoms with Crippen LogP contribution in [0.5, 0.6) is 0 Å². The molecule has 1 amide bonds. The van der Waals surface area contributed by atoms with E-state index in [0.717, 1.165) is 0 Å². The molecule has 1 atom stereocenters. The maximum atomic E-state index is 11.9. The van der Waals surface area contributed by atoms with Crippen molar-refractivity contribution in [1.82, 2.24) is 25.4 Å². The van der Waals surface area contributed by atoms with E-state index in [0.29, 0.717) is 16.7 Å². The average Bonchev–Trinajstić information content (AvgIpc) is 2.89. The highest BCUT2D eigenvalue weighted by molar-refractivity contribution is 8.00. The van der Waals surface area contributed by atoms with Crippen molar-refractivity contribution in [2.45, 2.75) is 24.3 Å². The monoisotopic (exact) mass is 268 g/mol. The van der Waals surface area contributed by atoms with Crippen LogP contribution in [0.3, 0.4) is 0 Å². The number of aromatic nitrogens is 5. The second-order valence-electron chi connectivity index (χ2n) is 3.66. The van der Waals surface area contributed by atoms with Crippen molar-refractivity contribution >= 4 is 23.5 Å². The highest BCUT2D eigenvalue weighted by Gasteiger charge is 2.18. The maximum Gasteiger partial charge on any atom is 0.238 e. The summed E-state index contributed by atoms with van der Waals surface area (Å²) in [7, 11) is 1.72. The SMILES string of the molecule is Cc1cc(NC(=O)C(C)Sc2nnnn2C)no1. The van der Waals surface area contributed by atoms with Crippen molar-refractivity contribution in [2.24, 2.45) is 7.05 Å². The first kappa shape index (κ1) is 12.6. The first-order valence-electron chi connectivity index (χ1n) is 5.19. The number of rotatable bonds is 4. The van der Waals surface area contributed by atoms with Gasteiger partial charge in [-0.05, 0) is 24.3 Å². The first-order valence-corrected chi connectivity index (χ1v) is 6.07. The topological polar surface area (TPSA) is 98.7 Å². The molecule has 9 heteroatoms. The van der Waals surface area contributed by atoms with Crippen LogP contribution in [0.25, 0.3) is 0 Å². The van der Waals surface area contributed by atoms with Crippen molar-refractivity contribution < 1.29 is 9.32 Å². The fraction of sp³-hybridized carbons (Fsp3) is 0.444. The number of hydrogen-bond donors (Lipinski definition) is 1. The maximum absolute atomic E-state index is 11.9. The lowest BCUT2D eigenvalue weighted by Gasteiger charge is -2.08. The van der Waals surface area contributed by atoms with Crippen LogP contribution >= 0.6 is 11.8 Å². The Kier molecular flexibility index (Phi) is 3.60. The molecule has 0 radical (unpaired) electrons. The Balaban J connectivity index is 1.95. The summed E-state index contributed by atoms with van der Waals surface area (Å²) < 4.78 is 6.37. The van der Waals surface area contributed by atoms with Crippen molar-refractivity contribution in [3.63, 3.8) is 0 Å². The summed E-state index contributed by atoms with van der Waals surface area (Å²) in [4.78, 5) is 11.9. The molecular weight excluding hydrogens is 256 g/mol. The standard InChI is InChI=1S/C9H12N6O2S/c1-5-4-7(12-17-5)10-8(16)6(2)18-9-11-13-14-15(9)3/h4,6H,1-3H3,(H,10,12,16). The largest absolute Gasteiger partial charge is 0.360 e. The molecule has 0 spiro atoms. The molecule has 8 nitrogen and oxygen atoms in total. The lowest BCUT2D eigenvalue weighted by Crippen LogP contribution is -2.23. The fourth-order valence-corrected chi connectivity index (χ4v) is 1.94. The van der Waals surface area contributed by atoms with E-state index in [1.165, 1.54) is 16.4 Å². The molecule has 2 rings (SSSR count). The van der Waals surface area contributed by atoms with Crippen molar-refractivity contribution in [2.75, 3.05) is 5.32 Å². The third-order valence-corrected chi connectivity index (χ3v) is 3.24. The van der Waals surface area contributed by atoms with Crippen molar-refractivity contribution in [3.05, 3.63) is 11.8 Å². The molecule has 0 aromatic carbocycles. The van der Waals surface area contributed by atoms with Crippen LogP contribution in [-0.4, -0.2) is 36.5 Å². The number of nitrogens with zero attached hydrogens (tertiary/aromatic N) is 5. The summed E-state index contributed by atoms with van der Waals surface area (Å²) in [6.45, 7) is 3.52. The number of carbonyl (C=O) groups excluding carboxylic acids is 1. The molecular formula is C9H12N6O2S. The van der Waals surface area contributed by atoms with E-state index in [2.05, 4.69) is 26.0 Å². The van der Waals surface area contributed by atoms with Crippen LogP contribution in [0.1, 0.15) is 12.7 Å². The van der Waals surface area contributed by atoms with Gasteiger partial charge in [-0.25, -0.2) is 4.68 Å². The second kappa shape index (κ2) is 5.17. The third kappa shape index (κ3) is 2.86. The lowest BCUT2D eigenvalue weighted by molar-refractivity contribution is -0.115. The van der Waals surface area contributed by atoms with Crippen LogP contribution in [0, 0.1) is 6.92 Å². The predicted octanol–water partition coefficient (Wildman–Crippen LogP) is 0.626. The van der Waals surface area contributed by atoms with E-state index >= 15 is 0 Å². The molecule has 0 aliphatic carbocycles. The van der Waals surface area contributed by atoms with Crippen molar-refractivity contribution in [1.29, 1.82) is 0 Å². The van der Waals surface area contributed by atoms with E-state index in [4.69, 9.17) is 4.52 Å². The minimum atomic E-state index is -0.341. The van der Waals surface area contributed by atoms with Gasteiger partial charge in [-0.3, -0.25) is 4.79 Å². The molecule has 0 saturated heterocycles. The Morgan fingerprint density at radius 2 is 2.39 bits per heavy atom. The summed E-state index contributed by atoms with van der Waals surface area (Å²) in [5.74, 6) is 0.862. The van der Waals surface area contributed by atoms with Gasteiger partial charge in [0.2, 0.25) is 11.1 Å². The Labute approximate surface area is 107 Å². The number of nitrogens with one attached hydrogen (secondary N) is 1. The molecule has 96 valence electrons. The third-order valence-electron chi connectivity index (χ3n) is 2.11. The number of carbonyl (C=O) groups is 1. The Morgan fingerprint density at radius 1 is 1.61 bits per heavy atom. The Bertz CT molecular complexity index is 551. The van der Waals surface area contributed by atoms with Crippen molar-refractivity contribution in [3.8, 4) is 0 Å². The highest BCUT2D eigenvalue weighted by atomic mass is 32.2. The van der Waals surface area contributed by atoms with Crippen LogP contribution in [0.15, 0.2) is 15.7 Å². The van der Waals surface area contributed by atoms with Gasteiger partial charge in [0.25, 0.3) is 0 Å². The van der Waals surface area contributed by atoms with Crippen LogP contribution in [0.2, 0.25) is 0 Å². The molecule has 18 heavy (non-hydrogen) atoms. The second-order valence-corrected chi connectivity index (χ2v) is 4.97. The Hall–Kier alpha value is -1.90. The summed E-state index contributed by atoms with van der Waals surface area (Å²) in [6.07, 6.45) is 0. The van der Waals surface area contributed by atoms with Gasteiger partial charge >= 0.3 is 0 Å². The molecule has 0 bridgehead atoms.